The number of hydrogen-bond donors (Lipinski definition) is 2. The number of halogens is 1. The number of nitrogen functional groups attached to an aromatic ring is 1. The van der Waals surface area contributed by atoms with E-state index in [1.165, 1.54) is 4.90 Å². The fourth-order valence-corrected chi connectivity index (χ4v) is 0.926. The van der Waals surface area contributed by atoms with Gasteiger partial charge in [-0.2, -0.15) is 0 Å². The van der Waals surface area contributed by atoms with Crippen molar-refractivity contribution in [3.63, 3.8) is 0 Å². The lowest BCUT2D eigenvalue weighted by molar-refractivity contribution is -0.873. The second-order valence-corrected chi connectivity index (χ2v) is 3.21. The average Bonchev–Trinajstić information content (AvgIpc) is 1.96. The van der Waals surface area contributed by atoms with Crippen LogP contribution in [-0.2, 0) is 6.54 Å². The second kappa shape index (κ2) is 4.99. The topological polar surface area (TPSA) is 56.2 Å². The molecule has 0 aliphatic rings. The maximum Gasteiger partial charge on any atom is 0.184 e. The number of aryl methyl sites for hydroxylation is 1. The minimum atomic E-state index is 0. The van der Waals surface area contributed by atoms with Crippen molar-refractivity contribution in [2.45, 2.75) is 13.5 Å². The second-order valence-electron chi connectivity index (χ2n) is 3.21. The van der Waals surface area contributed by atoms with E-state index in [9.17, 15) is 0 Å². The SMILES string of the molecule is Cc1nc(C[NH+](C)C)ncc1N.[Cl-]. The van der Waals surface area contributed by atoms with Crippen molar-refractivity contribution < 1.29 is 17.3 Å². The highest BCUT2D eigenvalue weighted by Gasteiger charge is 2.02. The Morgan fingerprint density at radius 1 is 1.46 bits per heavy atom. The molecule has 0 unspecified atom stereocenters. The Hall–Kier alpha value is -0.870. The van der Waals surface area contributed by atoms with Crippen LogP contribution in [0.2, 0.25) is 0 Å². The van der Waals surface area contributed by atoms with Crippen LogP contribution in [0.15, 0.2) is 6.20 Å². The van der Waals surface area contributed by atoms with Gasteiger partial charge < -0.3 is 23.0 Å². The average molecular weight is 203 g/mol. The molecule has 0 atom stereocenters. The molecule has 5 heteroatoms. The molecule has 0 saturated heterocycles. The first kappa shape index (κ1) is 12.1. The van der Waals surface area contributed by atoms with Gasteiger partial charge in [0, 0.05) is 0 Å². The van der Waals surface area contributed by atoms with Gasteiger partial charge in [-0.05, 0) is 6.92 Å². The molecular weight excluding hydrogens is 188 g/mol. The van der Waals surface area contributed by atoms with Gasteiger partial charge in [0.25, 0.3) is 0 Å². The molecule has 3 N–H and O–H groups in total. The number of quaternary nitrogens is 1. The van der Waals surface area contributed by atoms with E-state index >= 15 is 0 Å². The van der Waals surface area contributed by atoms with Gasteiger partial charge >= 0.3 is 0 Å². The maximum atomic E-state index is 5.59. The first-order valence-electron chi connectivity index (χ1n) is 3.96. The largest absolute Gasteiger partial charge is 1.00 e. The quantitative estimate of drug-likeness (QED) is 0.515. The van der Waals surface area contributed by atoms with Gasteiger partial charge in [0.2, 0.25) is 0 Å². The van der Waals surface area contributed by atoms with Crippen LogP contribution in [0.3, 0.4) is 0 Å². The fraction of sp³-hybridized carbons (Fsp3) is 0.500. The van der Waals surface area contributed by atoms with Crippen LogP contribution in [0.25, 0.3) is 0 Å². The first-order chi connectivity index (χ1) is 5.59. The van der Waals surface area contributed by atoms with Crippen LogP contribution >= 0.6 is 0 Å². The Morgan fingerprint density at radius 2 is 2.08 bits per heavy atom. The van der Waals surface area contributed by atoms with Gasteiger partial charge in [-0.3, -0.25) is 0 Å². The summed E-state index contributed by atoms with van der Waals surface area (Å²) in [5, 5.41) is 0. The van der Waals surface area contributed by atoms with Crippen LogP contribution in [0.4, 0.5) is 5.69 Å². The number of anilines is 1. The van der Waals surface area contributed by atoms with Crippen molar-refractivity contribution in [3.05, 3.63) is 17.7 Å². The van der Waals surface area contributed by atoms with Crippen molar-refractivity contribution in [1.82, 2.24) is 9.97 Å². The minimum absolute atomic E-state index is 0. The lowest BCUT2D eigenvalue weighted by Crippen LogP contribution is -3.04. The molecule has 0 spiro atoms. The third-order valence-corrected chi connectivity index (χ3v) is 1.58. The zero-order valence-electron chi connectivity index (χ0n) is 8.13. The summed E-state index contributed by atoms with van der Waals surface area (Å²) >= 11 is 0. The summed E-state index contributed by atoms with van der Waals surface area (Å²) in [5.74, 6) is 0.849. The van der Waals surface area contributed by atoms with E-state index in [-0.39, 0.29) is 12.4 Å². The van der Waals surface area contributed by atoms with E-state index in [0.717, 1.165) is 18.1 Å². The molecule has 0 fully saturated rings. The minimum Gasteiger partial charge on any atom is -1.00 e. The Bertz CT molecular complexity index is 275. The lowest BCUT2D eigenvalue weighted by Gasteiger charge is -2.06. The third kappa shape index (κ3) is 3.57. The van der Waals surface area contributed by atoms with Gasteiger partial charge in [0.05, 0.1) is 31.7 Å². The normalized spacial score (nSPS) is 9.85. The molecule has 0 aliphatic carbocycles. The highest BCUT2D eigenvalue weighted by atomic mass is 35.5. The highest BCUT2D eigenvalue weighted by Crippen LogP contribution is 2.03. The number of hydrogen-bond acceptors (Lipinski definition) is 3. The zero-order chi connectivity index (χ0) is 9.14. The number of nitrogens with two attached hydrogens (primary N) is 1. The number of nitrogens with zero attached hydrogens (tertiary/aromatic N) is 2. The van der Waals surface area contributed by atoms with Gasteiger partial charge in [-0.1, -0.05) is 0 Å². The molecule has 1 heterocycles. The summed E-state index contributed by atoms with van der Waals surface area (Å²) in [4.78, 5) is 9.68. The van der Waals surface area contributed by atoms with Gasteiger partial charge in [0.15, 0.2) is 5.82 Å². The molecule has 0 amide bonds. The van der Waals surface area contributed by atoms with Crippen molar-refractivity contribution >= 4 is 5.69 Å². The molecule has 74 valence electrons. The van der Waals surface area contributed by atoms with Crippen molar-refractivity contribution in [2.24, 2.45) is 0 Å². The predicted octanol–water partition coefficient (Wildman–Crippen LogP) is -3.98. The molecular formula is C8H15ClN4. The van der Waals surface area contributed by atoms with Crippen LogP contribution in [-0.4, -0.2) is 24.1 Å². The summed E-state index contributed by atoms with van der Waals surface area (Å²) < 4.78 is 0. The molecule has 0 aliphatic heterocycles. The number of aromatic nitrogens is 2. The predicted molar refractivity (Wildman–Crippen MR) is 47.7 cm³/mol. The van der Waals surface area contributed by atoms with Gasteiger partial charge in [-0.15, -0.1) is 0 Å². The number of nitrogens with one attached hydrogen (secondary N) is 1. The molecule has 0 bridgehead atoms. The molecule has 13 heavy (non-hydrogen) atoms. The Kier molecular flexibility index (Phi) is 4.66. The lowest BCUT2D eigenvalue weighted by atomic mass is 10.4. The van der Waals surface area contributed by atoms with Crippen molar-refractivity contribution in [3.8, 4) is 0 Å². The zero-order valence-corrected chi connectivity index (χ0v) is 8.89. The fourth-order valence-electron chi connectivity index (χ4n) is 0.926. The van der Waals surface area contributed by atoms with Crippen molar-refractivity contribution in [2.75, 3.05) is 19.8 Å². The molecule has 1 rings (SSSR count). The molecule has 0 aromatic carbocycles. The smallest absolute Gasteiger partial charge is 0.184 e. The van der Waals surface area contributed by atoms with E-state index in [1.807, 2.05) is 6.92 Å². The molecule has 0 radical (unpaired) electrons. The van der Waals surface area contributed by atoms with Crippen LogP contribution in [0.1, 0.15) is 11.5 Å². The van der Waals surface area contributed by atoms with E-state index in [4.69, 9.17) is 5.73 Å². The molecule has 4 nitrogen and oxygen atoms in total. The van der Waals surface area contributed by atoms with Crippen LogP contribution < -0.4 is 23.0 Å². The van der Waals surface area contributed by atoms with E-state index in [2.05, 4.69) is 24.1 Å². The summed E-state index contributed by atoms with van der Waals surface area (Å²) in [6.07, 6.45) is 1.67. The van der Waals surface area contributed by atoms with Crippen molar-refractivity contribution in [1.29, 1.82) is 0 Å². The van der Waals surface area contributed by atoms with Gasteiger partial charge in [0.1, 0.15) is 6.54 Å². The van der Waals surface area contributed by atoms with Crippen LogP contribution in [0, 0.1) is 6.92 Å². The molecule has 1 aromatic heterocycles. The summed E-state index contributed by atoms with van der Waals surface area (Å²) in [7, 11) is 4.13. The Labute approximate surface area is 84.6 Å². The highest BCUT2D eigenvalue weighted by molar-refractivity contribution is 5.38. The summed E-state index contributed by atoms with van der Waals surface area (Å²) in [5.41, 5.74) is 7.11. The number of rotatable bonds is 2. The molecule has 1 aromatic rings. The standard InChI is InChI=1S/C8H14N4.ClH/c1-6-7(9)4-10-8(11-6)5-12(2)3;/h4H,5,9H2,1-3H3;1H. The van der Waals surface area contributed by atoms with E-state index in [1.54, 1.807) is 6.20 Å². The Morgan fingerprint density at radius 3 is 2.54 bits per heavy atom. The van der Waals surface area contributed by atoms with E-state index < -0.39 is 0 Å². The molecule has 0 saturated carbocycles. The monoisotopic (exact) mass is 202 g/mol. The first-order valence-corrected chi connectivity index (χ1v) is 3.96. The summed E-state index contributed by atoms with van der Waals surface area (Å²) in [6, 6.07) is 0. The van der Waals surface area contributed by atoms with Crippen LogP contribution in [0.5, 0.6) is 0 Å². The van der Waals surface area contributed by atoms with E-state index in [0.29, 0.717) is 5.69 Å². The maximum absolute atomic E-state index is 5.59. The Balaban J connectivity index is 0.00000144. The summed E-state index contributed by atoms with van der Waals surface area (Å²) in [6.45, 7) is 2.73. The third-order valence-electron chi connectivity index (χ3n) is 1.58. The van der Waals surface area contributed by atoms with Gasteiger partial charge in [-0.25, -0.2) is 9.97 Å².